The Bertz CT molecular complexity index is 1320. The summed E-state index contributed by atoms with van der Waals surface area (Å²) in [6, 6.07) is 18.6. The van der Waals surface area contributed by atoms with Crippen LogP contribution in [0.25, 0.3) is 10.8 Å². The van der Waals surface area contributed by atoms with E-state index in [0.717, 1.165) is 28.6 Å². The average molecular weight is 457 g/mol. The first-order valence-corrected chi connectivity index (χ1v) is 11.0. The molecule has 0 aliphatic rings. The summed E-state index contributed by atoms with van der Waals surface area (Å²) in [5, 5.41) is 7.96. The first-order valence-electron chi connectivity index (χ1n) is 11.0. The largest absolute Gasteiger partial charge is 0.438 e. The summed E-state index contributed by atoms with van der Waals surface area (Å²) < 4.78 is 6.06. The minimum absolute atomic E-state index is 0.0983. The highest BCUT2D eigenvalue weighted by Gasteiger charge is 2.11. The molecule has 0 radical (unpaired) electrons. The van der Waals surface area contributed by atoms with E-state index >= 15 is 0 Å². The number of aromatic nitrogens is 2. The topological polar surface area (TPSA) is 105 Å². The standard InChI is InChI=1S/C26H28N6O2/c1-17-16-18(25(33)28-14-15-32(2)3)8-10-22(17)30-26-29-13-12-24(31-26)34-23-11-9-21(27)19-6-4-5-7-20(19)23/h4-13,16H,14-15,27H2,1-3H3,(H,28,33)(H,29,30,31). The summed E-state index contributed by atoms with van der Waals surface area (Å²) in [7, 11) is 3.94. The molecule has 4 aromatic rings. The molecule has 0 bridgehead atoms. The zero-order valence-corrected chi connectivity index (χ0v) is 19.5. The normalized spacial score (nSPS) is 10.9. The van der Waals surface area contributed by atoms with E-state index in [2.05, 4.69) is 20.6 Å². The second-order valence-corrected chi connectivity index (χ2v) is 8.23. The Kier molecular flexibility index (Phi) is 6.89. The number of nitrogens with two attached hydrogens (primary N) is 1. The van der Waals surface area contributed by atoms with Crippen molar-refractivity contribution in [3.63, 3.8) is 0 Å². The predicted octanol–water partition coefficient (Wildman–Crippen LogP) is 4.35. The van der Waals surface area contributed by atoms with Gasteiger partial charge in [0.25, 0.3) is 5.91 Å². The number of anilines is 3. The molecule has 0 aliphatic carbocycles. The Morgan fingerprint density at radius 3 is 2.62 bits per heavy atom. The van der Waals surface area contributed by atoms with Crippen molar-refractivity contribution in [1.29, 1.82) is 0 Å². The lowest BCUT2D eigenvalue weighted by Gasteiger charge is -2.13. The van der Waals surface area contributed by atoms with Gasteiger partial charge in [0, 0.05) is 53.1 Å². The molecule has 3 aromatic carbocycles. The van der Waals surface area contributed by atoms with E-state index in [1.807, 2.05) is 74.4 Å². The molecule has 0 atom stereocenters. The van der Waals surface area contributed by atoms with Gasteiger partial charge >= 0.3 is 0 Å². The number of carbonyl (C=O) groups excluding carboxylic acids is 1. The SMILES string of the molecule is Cc1cc(C(=O)NCCN(C)C)ccc1Nc1nccc(Oc2ccc(N)c3ccccc23)n1. The number of nitrogens with zero attached hydrogens (tertiary/aromatic N) is 3. The van der Waals surface area contributed by atoms with Gasteiger partial charge in [0.05, 0.1) is 0 Å². The van der Waals surface area contributed by atoms with Gasteiger partial charge in [-0.3, -0.25) is 4.79 Å². The molecule has 4 rings (SSSR count). The van der Waals surface area contributed by atoms with E-state index in [1.165, 1.54) is 0 Å². The number of carbonyl (C=O) groups is 1. The number of hydrogen-bond donors (Lipinski definition) is 3. The van der Waals surface area contributed by atoms with Crippen LogP contribution in [0.15, 0.2) is 66.9 Å². The molecule has 0 unspecified atom stereocenters. The summed E-state index contributed by atoms with van der Waals surface area (Å²) in [5.41, 5.74) is 9.10. The Morgan fingerprint density at radius 2 is 1.85 bits per heavy atom. The molecule has 0 aliphatic heterocycles. The number of hydrogen-bond acceptors (Lipinski definition) is 7. The van der Waals surface area contributed by atoms with E-state index in [0.29, 0.717) is 35.4 Å². The number of amides is 1. The lowest BCUT2D eigenvalue weighted by molar-refractivity contribution is 0.0951. The Labute approximate surface area is 198 Å². The van der Waals surface area contributed by atoms with Crippen molar-refractivity contribution in [1.82, 2.24) is 20.2 Å². The number of fused-ring (bicyclic) bond motifs is 1. The van der Waals surface area contributed by atoms with Gasteiger partial charge in [-0.2, -0.15) is 4.98 Å². The van der Waals surface area contributed by atoms with Crippen LogP contribution in [0.1, 0.15) is 15.9 Å². The second-order valence-electron chi connectivity index (χ2n) is 8.23. The van der Waals surface area contributed by atoms with Gasteiger partial charge in [-0.1, -0.05) is 24.3 Å². The van der Waals surface area contributed by atoms with E-state index in [9.17, 15) is 4.79 Å². The van der Waals surface area contributed by atoms with Crippen LogP contribution in [-0.2, 0) is 0 Å². The minimum atomic E-state index is -0.0983. The fraction of sp³-hybridized carbons (Fsp3) is 0.192. The monoisotopic (exact) mass is 456 g/mol. The van der Waals surface area contributed by atoms with Crippen molar-refractivity contribution in [2.45, 2.75) is 6.92 Å². The van der Waals surface area contributed by atoms with E-state index in [-0.39, 0.29) is 5.91 Å². The minimum Gasteiger partial charge on any atom is -0.438 e. The maximum absolute atomic E-state index is 12.4. The summed E-state index contributed by atoms with van der Waals surface area (Å²) in [5.74, 6) is 1.36. The Hall–Kier alpha value is -4.17. The molecule has 1 heterocycles. The number of aryl methyl sites for hydroxylation is 1. The third-order valence-electron chi connectivity index (χ3n) is 5.34. The summed E-state index contributed by atoms with van der Waals surface area (Å²) >= 11 is 0. The van der Waals surface area contributed by atoms with Crippen molar-refractivity contribution < 1.29 is 9.53 Å². The van der Waals surface area contributed by atoms with Crippen molar-refractivity contribution >= 4 is 34.0 Å². The maximum Gasteiger partial charge on any atom is 0.251 e. The van der Waals surface area contributed by atoms with Crippen LogP contribution in [-0.4, -0.2) is 48.0 Å². The van der Waals surface area contributed by atoms with Gasteiger partial charge in [0.2, 0.25) is 11.8 Å². The molecule has 174 valence electrons. The van der Waals surface area contributed by atoms with Crippen molar-refractivity contribution in [2.75, 3.05) is 38.2 Å². The number of nitrogens with one attached hydrogen (secondary N) is 2. The van der Waals surface area contributed by atoms with Crippen LogP contribution in [0.5, 0.6) is 11.6 Å². The van der Waals surface area contributed by atoms with Crippen LogP contribution in [0.4, 0.5) is 17.3 Å². The van der Waals surface area contributed by atoms with Gasteiger partial charge in [0.15, 0.2) is 0 Å². The molecule has 0 saturated heterocycles. The van der Waals surface area contributed by atoms with E-state index < -0.39 is 0 Å². The van der Waals surface area contributed by atoms with Gasteiger partial charge in [-0.15, -0.1) is 0 Å². The quantitative estimate of drug-likeness (QED) is 0.339. The van der Waals surface area contributed by atoms with Crippen molar-refractivity contribution in [2.24, 2.45) is 0 Å². The fourth-order valence-electron chi connectivity index (χ4n) is 3.52. The average Bonchev–Trinajstić information content (AvgIpc) is 2.82. The number of benzene rings is 3. The highest BCUT2D eigenvalue weighted by molar-refractivity contribution is 5.97. The second kappa shape index (κ2) is 10.2. The van der Waals surface area contributed by atoms with E-state index in [1.54, 1.807) is 18.3 Å². The molecule has 0 spiro atoms. The smallest absolute Gasteiger partial charge is 0.251 e. The van der Waals surface area contributed by atoms with E-state index in [4.69, 9.17) is 10.5 Å². The number of ether oxygens (including phenoxy) is 1. The maximum atomic E-state index is 12.4. The van der Waals surface area contributed by atoms with Crippen LogP contribution in [0.3, 0.4) is 0 Å². The van der Waals surface area contributed by atoms with Gasteiger partial charge in [0.1, 0.15) is 5.75 Å². The zero-order valence-electron chi connectivity index (χ0n) is 19.5. The van der Waals surface area contributed by atoms with Gasteiger partial charge in [-0.05, 0) is 56.9 Å². The highest BCUT2D eigenvalue weighted by Crippen LogP contribution is 2.32. The van der Waals surface area contributed by atoms with Crippen LogP contribution in [0.2, 0.25) is 0 Å². The predicted molar refractivity (Wildman–Crippen MR) is 136 cm³/mol. The zero-order chi connectivity index (χ0) is 24.1. The van der Waals surface area contributed by atoms with Gasteiger partial charge < -0.3 is 26.0 Å². The molecule has 1 aromatic heterocycles. The molecular formula is C26H28N6O2. The summed E-state index contributed by atoms with van der Waals surface area (Å²) in [6.07, 6.45) is 1.63. The highest BCUT2D eigenvalue weighted by atomic mass is 16.5. The third-order valence-corrected chi connectivity index (χ3v) is 5.34. The summed E-state index contributed by atoms with van der Waals surface area (Å²) in [6.45, 7) is 3.31. The van der Waals surface area contributed by atoms with Gasteiger partial charge in [-0.25, -0.2) is 4.98 Å². The molecule has 34 heavy (non-hydrogen) atoms. The first kappa shape index (κ1) is 23.0. The summed E-state index contributed by atoms with van der Waals surface area (Å²) in [4.78, 5) is 23.2. The van der Waals surface area contributed by atoms with Crippen LogP contribution < -0.4 is 21.1 Å². The molecule has 0 fully saturated rings. The van der Waals surface area contributed by atoms with Crippen molar-refractivity contribution in [3.8, 4) is 11.6 Å². The molecule has 8 nitrogen and oxygen atoms in total. The molecule has 4 N–H and O–H groups in total. The van der Waals surface area contributed by atoms with Crippen molar-refractivity contribution in [3.05, 3.63) is 78.0 Å². The Balaban J connectivity index is 1.48. The van der Waals surface area contributed by atoms with Crippen LogP contribution >= 0.6 is 0 Å². The lowest BCUT2D eigenvalue weighted by Crippen LogP contribution is -2.31. The number of nitrogen functional groups attached to an aromatic ring is 1. The third kappa shape index (κ3) is 5.41. The Morgan fingerprint density at radius 1 is 1.06 bits per heavy atom. The lowest BCUT2D eigenvalue weighted by atomic mass is 10.1. The molecule has 1 amide bonds. The van der Waals surface area contributed by atoms with Crippen LogP contribution in [0, 0.1) is 6.92 Å². The number of likely N-dealkylation sites (N-methyl/N-ethyl adjacent to an activating group) is 1. The molecule has 8 heteroatoms. The fourth-order valence-corrected chi connectivity index (χ4v) is 3.52. The number of rotatable bonds is 8. The first-order chi connectivity index (χ1) is 16.4. The molecular weight excluding hydrogens is 428 g/mol. The molecule has 0 saturated carbocycles.